The van der Waals surface area contributed by atoms with Gasteiger partial charge in [-0.15, -0.1) is 0 Å². The SMILES string of the molecule is CCN(CC)S(=O)(=O)c1cc(C(=O)OC(C)C(=O)Nc2ccnn2C(C)C)n(C)c1. The van der Waals surface area contributed by atoms with E-state index in [1.54, 1.807) is 37.8 Å². The van der Waals surface area contributed by atoms with Crippen LogP contribution in [0.3, 0.4) is 0 Å². The summed E-state index contributed by atoms with van der Waals surface area (Å²) in [4.78, 5) is 25.0. The summed E-state index contributed by atoms with van der Waals surface area (Å²) in [5.74, 6) is -0.821. The van der Waals surface area contributed by atoms with Crippen LogP contribution in [-0.2, 0) is 26.6 Å². The van der Waals surface area contributed by atoms with Crippen molar-refractivity contribution >= 4 is 27.7 Å². The minimum Gasteiger partial charge on any atom is -0.448 e. The number of aromatic nitrogens is 3. The largest absolute Gasteiger partial charge is 0.448 e. The Balaban J connectivity index is 2.13. The first-order valence-corrected chi connectivity index (χ1v) is 11.2. The summed E-state index contributed by atoms with van der Waals surface area (Å²) in [5, 5.41) is 6.81. The standard InChI is InChI=1S/C19H29N5O5S/c1-7-23(8-2)30(27,28)15-11-16(22(6)12-15)19(26)29-14(5)18(25)21-17-9-10-20-24(17)13(3)4/h9-14H,7-8H2,1-6H3,(H,21,25). The lowest BCUT2D eigenvalue weighted by Crippen LogP contribution is -2.31. The van der Waals surface area contributed by atoms with Crippen LogP contribution in [-0.4, -0.2) is 58.1 Å². The molecule has 30 heavy (non-hydrogen) atoms. The second kappa shape index (κ2) is 9.43. The van der Waals surface area contributed by atoms with E-state index in [0.29, 0.717) is 18.9 Å². The van der Waals surface area contributed by atoms with E-state index in [9.17, 15) is 18.0 Å². The van der Waals surface area contributed by atoms with Gasteiger partial charge in [-0.3, -0.25) is 4.79 Å². The Morgan fingerprint density at radius 2 is 1.87 bits per heavy atom. The average Bonchev–Trinajstić information content (AvgIpc) is 3.29. The molecule has 10 nitrogen and oxygen atoms in total. The lowest BCUT2D eigenvalue weighted by atomic mass is 10.3. The molecule has 0 saturated heterocycles. The molecule has 11 heteroatoms. The molecule has 0 bridgehead atoms. The van der Waals surface area contributed by atoms with E-state index in [0.717, 1.165) is 0 Å². The topological polar surface area (TPSA) is 116 Å². The van der Waals surface area contributed by atoms with Gasteiger partial charge in [0.25, 0.3) is 5.91 Å². The molecular formula is C19H29N5O5S. The number of rotatable bonds is 9. The van der Waals surface area contributed by atoms with Crippen LogP contribution < -0.4 is 5.32 Å². The summed E-state index contributed by atoms with van der Waals surface area (Å²) in [7, 11) is -2.17. The van der Waals surface area contributed by atoms with E-state index in [1.807, 2.05) is 13.8 Å². The highest BCUT2D eigenvalue weighted by molar-refractivity contribution is 7.89. The quantitative estimate of drug-likeness (QED) is 0.598. The first-order chi connectivity index (χ1) is 14.0. The van der Waals surface area contributed by atoms with Crippen molar-refractivity contribution < 1.29 is 22.7 Å². The fraction of sp³-hybridized carbons (Fsp3) is 0.526. The third kappa shape index (κ3) is 4.90. The van der Waals surface area contributed by atoms with Crippen LogP contribution in [0.5, 0.6) is 0 Å². The van der Waals surface area contributed by atoms with Crippen molar-refractivity contribution in [1.29, 1.82) is 0 Å². The summed E-state index contributed by atoms with van der Waals surface area (Å²) in [6.45, 7) is 9.40. The normalized spacial score (nSPS) is 12.9. The summed E-state index contributed by atoms with van der Waals surface area (Å²) >= 11 is 0. The number of esters is 1. The highest BCUT2D eigenvalue weighted by atomic mass is 32.2. The van der Waals surface area contributed by atoms with Crippen LogP contribution in [0, 0.1) is 0 Å². The number of carbonyl (C=O) groups excluding carboxylic acids is 2. The Morgan fingerprint density at radius 1 is 1.23 bits per heavy atom. The maximum absolute atomic E-state index is 12.7. The second-order valence-corrected chi connectivity index (χ2v) is 8.99. The van der Waals surface area contributed by atoms with Gasteiger partial charge in [-0.05, 0) is 26.8 Å². The molecule has 1 amide bonds. The number of carbonyl (C=O) groups is 2. The van der Waals surface area contributed by atoms with Gasteiger partial charge in [-0.25, -0.2) is 17.9 Å². The molecule has 0 aliphatic carbocycles. The van der Waals surface area contributed by atoms with E-state index in [-0.39, 0.29) is 16.6 Å². The van der Waals surface area contributed by atoms with E-state index < -0.39 is 28.0 Å². The number of amides is 1. The van der Waals surface area contributed by atoms with E-state index in [4.69, 9.17) is 4.74 Å². The van der Waals surface area contributed by atoms with Crippen molar-refractivity contribution in [3.63, 3.8) is 0 Å². The second-order valence-electron chi connectivity index (χ2n) is 7.05. The van der Waals surface area contributed by atoms with Gasteiger partial charge in [0.15, 0.2) is 6.10 Å². The summed E-state index contributed by atoms with van der Waals surface area (Å²) in [6.07, 6.45) is 1.83. The average molecular weight is 440 g/mol. The van der Waals surface area contributed by atoms with Crippen molar-refractivity contribution in [3.8, 4) is 0 Å². The Kier molecular flexibility index (Phi) is 7.43. The number of hydrogen-bond donors (Lipinski definition) is 1. The van der Waals surface area contributed by atoms with E-state index >= 15 is 0 Å². The van der Waals surface area contributed by atoms with Gasteiger partial charge in [0.1, 0.15) is 16.4 Å². The number of sulfonamides is 1. The van der Waals surface area contributed by atoms with Crippen LogP contribution >= 0.6 is 0 Å². The summed E-state index contributed by atoms with van der Waals surface area (Å²) in [5.41, 5.74) is 0.0348. The highest BCUT2D eigenvalue weighted by Crippen LogP contribution is 2.20. The van der Waals surface area contributed by atoms with Crippen LogP contribution in [0.4, 0.5) is 5.82 Å². The minimum absolute atomic E-state index is 0.00131. The van der Waals surface area contributed by atoms with Gasteiger partial charge >= 0.3 is 5.97 Å². The lowest BCUT2D eigenvalue weighted by Gasteiger charge is -2.17. The first kappa shape index (κ1) is 23.6. The minimum atomic E-state index is -3.71. The van der Waals surface area contributed by atoms with E-state index in [2.05, 4.69) is 10.4 Å². The number of aryl methyl sites for hydroxylation is 1. The van der Waals surface area contributed by atoms with Crippen molar-refractivity contribution in [2.45, 2.75) is 51.7 Å². The molecule has 2 aromatic rings. The molecule has 0 spiro atoms. The van der Waals surface area contributed by atoms with E-state index in [1.165, 1.54) is 28.1 Å². The van der Waals surface area contributed by atoms with Gasteiger partial charge in [-0.1, -0.05) is 13.8 Å². The van der Waals surface area contributed by atoms with Crippen molar-refractivity contribution in [2.75, 3.05) is 18.4 Å². The van der Waals surface area contributed by atoms with Gasteiger partial charge in [-0.2, -0.15) is 9.40 Å². The molecule has 0 aliphatic heterocycles. The fourth-order valence-electron chi connectivity index (χ4n) is 2.92. The van der Waals surface area contributed by atoms with Gasteiger partial charge in [0, 0.05) is 38.4 Å². The van der Waals surface area contributed by atoms with Crippen LogP contribution in [0.1, 0.15) is 51.1 Å². The number of hydrogen-bond acceptors (Lipinski definition) is 6. The number of anilines is 1. The Labute approximate surface area is 176 Å². The summed E-state index contributed by atoms with van der Waals surface area (Å²) < 4.78 is 34.9. The molecule has 0 fully saturated rings. The predicted octanol–water partition coefficient (Wildman–Crippen LogP) is 2.02. The number of ether oxygens (including phenoxy) is 1. The third-order valence-electron chi connectivity index (χ3n) is 4.60. The van der Waals surface area contributed by atoms with Crippen molar-refractivity contribution in [2.24, 2.45) is 7.05 Å². The zero-order valence-corrected chi connectivity index (χ0v) is 18.9. The van der Waals surface area contributed by atoms with Crippen molar-refractivity contribution in [3.05, 3.63) is 30.2 Å². The third-order valence-corrected chi connectivity index (χ3v) is 6.61. The van der Waals surface area contributed by atoms with Crippen LogP contribution in [0.25, 0.3) is 0 Å². The zero-order chi connectivity index (χ0) is 22.6. The molecule has 2 rings (SSSR count). The zero-order valence-electron chi connectivity index (χ0n) is 18.1. The maximum Gasteiger partial charge on any atom is 0.355 e. The molecular weight excluding hydrogens is 410 g/mol. The molecule has 0 aromatic carbocycles. The Morgan fingerprint density at radius 3 is 2.43 bits per heavy atom. The molecule has 0 saturated carbocycles. The Hall–Kier alpha value is -2.66. The number of nitrogens with one attached hydrogen (secondary N) is 1. The van der Waals surface area contributed by atoms with Gasteiger partial charge in [0.05, 0.1) is 6.20 Å². The molecule has 2 aromatic heterocycles. The predicted molar refractivity (Wildman–Crippen MR) is 112 cm³/mol. The molecule has 166 valence electrons. The van der Waals surface area contributed by atoms with Crippen molar-refractivity contribution in [1.82, 2.24) is 18.7 Å². The smallest absolute Gasteiger partial charge is 0.355 e. The molecule has 0 aliphatic rings. The lowest BCUT2D eigenvalue weighted by molar-refractivity contribution is -0.123. The molecule has 1 unspecified atom stereocenters. The van der Waals surface area contributed by atoms with Crippen LogP contribution in [0.15, 0.2) is 29.4 Å². The summed E-state index contributed by atoms with van der Waals surface area (Å²) in [6, 6.07) is 2.95. The van der Waals surface area contributed by atoms with Gasteiger partial charge in [0.2, 0.25) is 10.0 Å². The van der Waals surface area contributed by atoms with Gasteiger partial charge < -0.3 is 14.6 Å². The Bertz CT molecular complexity index is 1000. The molecule has 0 radical (unpaired) electrons. The van der Waals surface area contributed by atoms with Crippen LogP contribution in [0.2, 0.25) is 0 Å². The maximum atomic E-state index is 12.7. The fourth-order valence-corrected chi connectivity index (χ4v) is 4.45. The molecule has 1 N–H and O–H groups in total. The first-order valence-electron chi connectivity index (χ1n) is 9.74. The molecule has 2 heterocycles. The number of nitrogens with zero attached hydrogens (tertiary/aromatic N) is 4. The molecule has 1 atom stereocenters. The monoisotopic (exact) mass is 439 g/mol. The highest BCUT2D eigenvalue weighted by Gasteiger charge is 2.27.